The van der Waals surface area contributed by atoms with Gasteiger partial charge in [0.05, 0.1) is 5.56 Å². The van der Waals surface area contributed by atoms with Crippen LogP contribution >= 0.6 is 15.9 Å². The molecule has 0 bridgehead atoms. The van der Waals surface area contributed by atoms with Gasteiger partial charge in [-0.25, -0.2) is 0 Å². The lowest BCUT2D eigenvalue weighted by Gasteiger charge is -2.23. The molecule has 84 valence electrons. The molecule has 0 radical (unpaired) electrons. The molecule has 0 aliphatic heterocycles. The van der Waals surface area contributed by atoms with Gasteiger partial charge in [-0.2, -0.15) is 5.26 Å². The smallest absolute Gasteiger partial charge is 0.100 e. The van der Waals surface area contributed by atoms with E-state index in [0.717, 1.165) is 29.7 Å². The summed E-state index contributed by atoms with van der Waals surface area (Å²) in [6.45, 7) is 7.72. The predicted molar refractivity (Wildman–Crippen MR) is 71.6 cm³/mol. The Morgan fingerprint density at radius 3 is 2.81 bits per heavy atom. The summed E-state index contributed by atoms with van der Waals surface area (Å²) < 4.78 is 0.845. The standard InChI is InChI=1S/C13H15BrN2/c1-3-7-16(8-4-2)12-6-5-11(10-15)13(14)9-12/h3,5-6,9H,1,4,7-8H2,2H3. The highest BCUT2D eigenvalue weighted by Crippen LogP contribution is 2.23. The summed E-state index contributed by atoms with van der Waals surface area (Å²) in [5, 5.41) is 8.84. The topological polar surface area (TPSA) is 27.0 Å². The van der Waals surface area contributed by atoms with Crippen molar-refractivity contribution in [3.05, 3.63) is 40.9 Å². The minimum Gasteiger partial charge on any atom is -0.368 e. The normalized spacial score (nSPS) is 9.56. The van der Waals surface area contributed by atoms with Gasteiger partial charge < -0.3 is 4.90 Å². The minimum atomic E-state index is 0.666. The zero-order valence-corrected chi connectivity index (χ0v) is 11.0. The van der Waals surface area contributed by atoms with Crippen molar-refractivity contribution in [3.8, 4) is 6.07 Å². The lowest BCUT2D eigenvalue weighted by Crippen LogP contribution is -2.23. The second-order valence-corrected chi connectivity index (χ2v) is 4.36. The van der Waals surface area contributed by atoms with Crippen LogP contribution in [-0.4, -0.2) is 13.1 Å². The highest BCUT2D eigenvalue weighted by atomic mass is 79.9. The van der Waals surface area contributed by atoms with E-state index >= 15 is 0 Å². The first-order valence-corrected chi connectivity index (χ1v) is 6.07. The molecule has 0 saturated carbocycles. The Balaban J connectivity index is 2.97. The van der Waals surface area contributed by atoms with Crippen LogP contribution in [0.15, 0.2) is 35.3 Å². The van der Waals surface area contributed by atoms with E-state index in [9.17, 15) is 0 Å². The van der Waals surface area contributed by atoms with Gasteiger partial charge in [-0.15, -0.1) is 6.58 Å². The minimum absolute atomic E-state index is 0.666. The maximum atomic E-state index is 8.84. The Kier molecular flexibility index (Phi) is 5.07. The van der Waals surface area contributed by atoms with Gasteiger partial charge in [0.1, 0.15) is 6.07 Å². The van der Waals surface area contributed by atoms with Crippen LogP contribution in [0.4, 0.5) is 5.69 Å². The largest absolute Gasteiger partial charge is 0.368 e. The van der Waals surface area contributed by atoms with Gasteiger partial charge in [0.2, 0.25) is 0 Å². The van der Waals surface area contributed by atoms with Crippen molar-refractivity contribution in [2.24, 2.45) is 0 Å². The number of benzene rings is 1. The van der Waals surface area contributed by atoms with Crippen LogP contribution in [0.1, 0.15) is 18.9 Å². The first-order valence-electron chi connectivity index (χ1n) is 5.28. The van der Waals surface area contributed by atoms with Gasteiger partial charge >= 0.3 is 0 Å². The van der Waals surface area contributed by atoms with Gasteiger partial charge in [-0.3, -0.25) is 0 Å². The number of halogens is 1. The molecule has 1 rings (SSSR count). The van der Waals surface area contributed by atoms with Crippen LogP contribution in [0.3, 0.4) is 0 Å². The third-order valence-electron chi connectivity index (χ3n) is 2.28. The van der Waals surface area contributed by atoms with E-state index in [1.807, 2.05) is 24.3 Å². The fourth-order valence-electron chi connectivity index (χ4n) is 1.54. The summed E-state index contributed by atoms with van der Waals surface area (Å²) in [7, 11) is 0. The number of hydrogen-bond acceptors (Lipinski definition) is 2. The monoisotopic (exact) mass is 278 g/mol. The van der Waals surface area contributed by atoms with Crippen molar-refractivity contribution in [1.29, 1.82) is 5.26 Å². The number of anilines is 1. The predicted octanol–water partition coefficient (Wildman–Crippen LogP) is 3.72. The fourth-order valence-corrected chi connectivity index (χ4v) is 2.00. The number of hydrogen-bond donors (Lipinski definition) is 0. The summed E-state index contributed by atoms with van der Waals surface area (Å²) in [4.78, 5) is 2.24. The molecule has 2 nitrogen and oxygen atoms in total. The van der Waals surface area contributed by atoms with Crippen molar-refractivity contribution in [2.45, 2.75) is 13.3 Å². The lowest BCUT2D eigenvalue weighted by atomic mass is 10.2. The van der Waals surface area contributed by atoms with E-state index in [-0.39, 0.29) is 0 Å². The molecule has 0 aromatic heterocycles. The van der Waals surface area contributed by atoms with Crippen molar-refractivity contribution in [1.82, 2.24) is 0 Å². The highest BCUT2D eigenvalue weighted by Gasteiger charge is 2.06. The van der Waals surface area contributed by atoms with Crippen LogP contribution < -0.4 is 4.90 Å². The third-order valence-corrected chi connectivity index (χ3v) is 2.94. The number of nitriles is 1. The van der Waals surface area contributed by atoms with Gasteiger partial charge in [-0.1, -0.05) is 13.0 Å². The second-order valence-electron chi connectivity index (χ2n) is 3.51. The quantitative estimate of drug-likeness (QED) is 0.768. The SMILES string of the molecule is C=CCN(CCC)c1ccc(C#N)c(Br)c1. The van der Waals surface area contributed by atoms with E-state index in [1.54, 1.807) is 0 Å². The lowest BCUT2D eigenvalue weighted by molar-refractivity contribution is 0.816. The maximum Gasteiger partial charge on any atom is 0.100 e. The van der Waals surface area contributed by atoms with Gasteiger partial charge in [0.25, 0.3) is 0 Å². The van der Waals surface area contributed by atoms with Gasteiger partial charge in [0, 0.05) is 23.2 Å². The molecule has 0 aliphatic rings. The molecule has 0 heterocycles. The van der Waals surface area contributed by atoms with Gasteiger partial charge in [0.15, 0.2) is 0 Å². The Morgan fingerprint density at radius 2 is 2.31 bits per heavy atom. The van der Waals surface area contributed by atoms with E-state index in [0.29, 0.717) is 5.56 Å². The van der Waals surface area contributed by atoms with E-state index in [4.69, 9.17) is 5.26 Å². The first kappa shape index (κ1) is 12.8. The van der Waals surface area contributed by atoms with Crippen LogP contribution in [0, 0.1) is 11.3 Å². The summed E-state index contributed by atoms with van der Waals surface area (Å²) in [6.07, 6.45) is 2.98. The maximum absolute atomic E-state index is 8.84. The van der Waals surface area contributed by atoms with Crippen LogP contribution in [-0.2, 0) is 0 Å². The second kappa shape index (κ2) is 6.34. The highest BCUT2D eigenvalue weighted by molar-refractivity contribution is 9.10. The molecular formula is C13H15BrN2. The van der Waals surface area contributed by atoms with E-state index in [2.05, 4.69) is 40.4 Å². The summed E-state index contributed by atoms with van der Waals surface area (Å²) in [6, 6.07) is 7.94. The van der Waals surface area contributed by atoms with E-state index in [1.165, 1.54) is 0 Å². The van der Waals surface area contributed by atoms with Crippen molar-refractivity contribution in [2.75, 3.05) is 18.0 Å². The van der Waals surface area contributed by atoms with Crippen molar-refractivity contribution >= 4 is 21.6 Å². The molecule has 1 aromatic rings. The third kappa shape index (κ3) is 3.11. The molecule has 0 N–H and O–H groups in total. The molecule has 16 heavy (non-hydrogen) atoms. The van der Waals surface area contributed by atoms with Crippen LogP contribution in [0.2, 0.25) is 0 Å². The van der Waals surface area contributed by atoms with Gasteiger partial charge in [-0.05, 0) is 40.5 Å². The molecule has 0 amide bonds. The molecule has 1 aromatic carbocycles. The average molecular weight is 279 g/mol. The Hall–Kier alpha value is -1.27. The molecule has 0 saturated heterocycles. The van der Waals surface area contributed by atoms with Crippen molar-refractivity contribution < 1.29 is 0 Å². The summed E-state index contributed by atoms with van der Waals surface area (Å²) in [5.41, 5.74) is 1.78. The first-order chi connectivity index (χ1) is 7.72. The fraction of sp³-hybridized carbons (Fsp3) is 0.308. The Morgan fingerprint density at radius 1 is 1.56 bits per heavy atom. The Labute approximate surface area is 105 Å². The van der Waals surface area contributed by atoms with Crippen molar-refractivity contribution in [3.63, 3.8) is 0 Å². The van der Waals surface area contributed by atoms with Crippen LogP contribution in [0.5, 0.6) is 0 Å². The Bertz CT molecular complexity index is 407. The molecule has 0 fully saturated rings. The zero-order chi connectivity index (χ0) is 12.0. The average Bonchev–Trinajstić information content (AvgIpc) is 2.28. The molecular weight excluding hydrogens is 264 g/mol. The molecule has 0 unspecified atom stereocenters. The molecule has 0 spiro atoms. The zero-order valence-electron chi connectivity index (χ0n) is 9.41. The summed E-state index contributed by atoms with van der Waals surface area (Å²) >= 11 is 3.40. The molecule has 3 heteroatoms. The van der Waals surface area contributed by atoms with Crippen LogP contribution in [0.25, 0.3) is 0 Å². The number of nitrogens with zero attached hydrogens (tertiary/aromatic N) is 2. The molecule has 0 aliphatic carbocycles. The van der Waals surface area contributed by atoms with E-state index < -0.39 is 0 Å². The number of rotatable bonds is 5. The molecule has 0 atom stereocenters. The summed E-state index contributed by atoms with van der Waals surface area (Å²) in [5.74, 6) is 0.